The Kier molecular flexibility index (Phi) is 11.5. The standard InChI is InChI=1S/C42H43N3O5S/c1-32-21-23-34(24-22-32)30-44(40(29-33-13-5-2-6-14-33)42(47)43-35-15-11-12-16-35)41(46)31-45(51(48,49)39-19-9-4-10-20-39)36-25-27-38(28-26-36)50-37-17-7-3-8-18-37/h2-10,13-14,17-28,35,40H,11-12,15-16,29-31H2,1H3,(H,43,47)/t40-/m1/s1. The van der Waals surface area contributed by atoms with Crippen LogP contribution in [0.25, 0.3) is 0 Å². The van der Waals surface area contributed by atoms with Crippen LogP contribution in [-0.4, -0.2) is 43.8 Å². The second kappa shape index (κ2) is 16.5. The van der Waals surface area contributed by atoms with E-state index in [2.05, 4.69) is 5.32 Å². The van der Waals surface area contributed by atoms with Gasteiger partial charge in [0.1, 0.15) is 24.1 Å². The Balaban J connectivity index is 1.37. The highest BCUT2D eigenvalue weighted by Crippen LogP contribution is 2.29. The summed E-state index contributed by atoms with van der Waals surface area (Å²) < 4.78 is 35.7. The van der Waals surface area contributed by atoms with E-state index in [-0.39, 0.29) is 35.5 Å². The molecule has 1 aliphatic rings. The second-order valence-corrected chi connectivity index (χ2v) is 14.8. The van der Waals surface area contributed by atoms with Crippen LogP contribution in [0, 0.1) is 6.92 Å². The van der Waals surface area contributed by atoms with Gasteiger partial charge in [0.05, 0.1) is 10.6 Å². The smallest absolute Gasteiger partial charge is 0.264 e. The van der Waals surface area contributed by atoms with E-state index in [4.69, 9.17) is 4.74 Å². The lowest BCUT2D eigenvalue weighted by Gasteiger charge is -2.34. The van der Waals surface area contributed by atoms with E-state index in [1.165, 1.54) is 12.1 Å². The van der Waals surface area contributed by atoms with Crippen LogP contribution in [0.1, 0.15) is 42.4 Å². The number of carbonyl (C=O) groups is 2. The van der Waals surface area contributed by atoms with Gasteiger partial charge in [-0.2, -0.15) is 0 Å². The topological polar surface area (TPSA) is 96.0 Å². The molecule has 262 valence electrons. The Morgan fingerprint density at radius 3 is 1.92 bits per heavy atom. The van der Waals surface area contributed by atoms with Crippen LogP contribution in [0.15, 0.2) is 144 Å². The summed E-state index contributed by atoms with van der Waals surface area (Å²) in [6, 6.07) is 40.5. The molecule has 6 rings (SSSR count). The molecule has 5 aromatic rings. The van der Waals surface area contributed by atoms with E-state index in [9.17, 15) is 18.0 Å². The highest BCUT2D eigenvalue weighted by molar-refractivity contribution is 7.92. The summed E-state index contributed by atoms with van der Waals surface area (Å²) in [7, 11) is -4.21. The molecule has 1 saturated carbocycles. The summed E-state index contributed by atoms with van der Waals surface area (Å²) in [5.74, 6) is 0.412. The molecule has 0 radical (unpaired) electrons. The molecule has 0 aromatic heterocycles. The predicted molar refractivity (Wildman–Crippen MR) is 200 cm³/mol. The minimum Gasteiger partial charge on any atom is -0.457 e. The molecule has 1 N–H and O–H groups in total. The number of nitrogens with one attached hydrogen (secondary N) is 1. The molecule has 1 fully saturated rings. The van der Waals surface area contributed by atoms with Gasteiger partial charge in [0.25, 0.3) is 10.0 Å². The monoisotopic (exact) mass is 701 g/mol. The fourth-order valence-corrected chi connectivity index (χ4v) is 7.80. The number of nitrogens with zero attached hydrogens (tertiary/aromatic N) is 2. The number of sulfonamides is 1. The second-order valence-electron chi connectivity index (χ2n) is 12.9. The molecule has 5 aromatic carbocycles. The average molecular weight is 702 g/mol. The number of hydrogen-bond acceptors (Lipinski definition) is 5. The van der Waals surface area contributed by atoms with Gasteiger partial charge in [-0.3, -0.25) is 13.9 Å². The van der Waals surface area contributed by atoms with E-state index < -0.39 is 28.5 Å². The first-order chi connectivity index (χ1) is 24.8. The van der Waals surface area contributed by atoms with Crippen LogP contribution in [-0.2, 0) is 32.6 Å². The van der Waals surface area contributed by atoms with Gasteiger partial charge < -0.3 is 15.0 Å². The van der Waals surface area contributed by atoms with Gasteiger partial charge in [0.15, 0.2) is 0 Å². The molecule has 0 aliphatic heterocycles. The summed E-state index contributed by atoms with van der Waals surface area (Å²) in [5, 5.41) is 3.22. The van der Waals surface area contributed by atoms with Crippen LogP contribution in [0.2, 0.25) is 0 Å². The first-order valence-electron chi connectivity index (χ1n) is 17.4. The van der Waals surface area contributed by atoms with E-state index in [1.54, 1.807) is 47.4 Å². The normalized spacial score (nSPS) is 13.7. The number of hydrogen-bond donors (Lipinski definition) is 1. The van der Waals surface area contributed by atoms with Crippen molar-refractivity contribution in [2.75, 3.05) is 10.8 Å². The van der Waals surface area contributed by atoms with Gasteiger partial charge in [0.2, 0.25) is 11.8 Å². The fraction of sp³-hybridized carbons (Fsp3) is 0.238. The lowest BCUT2D eigenvalue weighted by atomic mass is 10.0. The number of carbonyl (C=O) groups excluding carboxylic acids is 2. The Bertz CT molecular complexity index is 1980. The molecule has 1 aliphatic carbocycles. The lowest BCUT2D eigenvalue weighted by Crippen LogP contribution is -2.54. The van der Waals surface area contributed by atoms with E-state index in [0.29, 0.717) is 11.5 Å². The summed E-state index contributed by atoms with van der Waals surface area (Å²) in [5.41, 5.74) is 3.09. The van der Waals surface area contributed by atoms with Gasteiger partial charge in [-0.25, -0.2) is 8.42 Å². The largest absolute Gasteiger partial charge is 0.457 e. The molecular weight excluding hydrogens is 659 g/mol. The molecule has 0 saturated heterocycles. The molecule has 1 atom stereocenters. The maximum Gasteiger partial charge on any atom is 0.264 e. The van der Waals surface area contributed by atoms with Crippen molar-refractivity contribution in [3.05, 3.63) is 156 Å². The van der Waals surface area contributed by atoms with Gasteiger partial charge in [-0.1, -0.05) is 109 Å². The summed E-state index contributed by atoms with van der Waals surface area (Å²) in [6.45, 7) is 1.59. The third-order valence-electron chi connectivity index (χ3n) is 9.16. The SMILES string of the molecule is Cc1ccc(CN(C(=O)CN(c2ccc(Oc3ccccc3)cc2)S(=O)(=O)c2ccccc2)[C@H](Cc2ccccc2)C(=O)NC2CCCC2)cc1. The van der Waals surface area contributed by atoms with Crippen molar-refractivity contribution in [2.45, 2.75) is 62.6 Å². The molecule has 2 amide bonds. The zero-order valence-electron chi connectivity index (χ0n) is 28.7. The van der Waals surface area contributed by atoms with Crippen molar-refractivity contribution >= 4 is 27.5 Å². The van der Waals surface area contributed by atoms with Crippen molar-refractivity contribution in [3.63, 3.8) is 0 Å². The number of rotatable bonds is 14. The van der Waals surface area contributed by atoms with Crippen LogP contribution < -0.4 is 14.4 Å². The van der Waals surface area contributed by atoms with Crippen LogP contribution in [0.4, 0.5) is 5.69 Å². The van der Waals surface area contributed by atoms with Crippen LogP contribution >= 0.6 is 0 Å². The summed E-state index contributed by atoms with van der Waals surface area (Å²) in [6.07, 6.45) is 4.14. The quantitative estimate of drug-likeness (QED) is 0.128. The number of benzene rings is 5. The molecule has 8 nitrogen and oxygen atoms in total. The Hall–Kier alpha value is -5.41. The first kappa shape index (κ1) is 35.4. The molecule has 51 heavy (non-hydrogen) atoms. The Morgan fingerprint density at radius 1 is 0.725 bits per heavy atom. The molecule has 9 heteroatoms. The molecule has 0 unspecified atom stereocenters. The van der Waals surface area contributed by atoms with Crippen LogP contribution in [0.5, 0.6) is 11.5 Å². The zero-order valence-corrected chi connectivity index (χ0v) is 29.5. The van der Waals surface area contributed by atoms with E-state index in [0.717, 1.165) is 46.7 Å². The van der Waals surface area contributed by atoms with Crippen LogP contribution in [0.3, 0.4) is 0 Å². The van der Waals surface area contributed by atoms with Crippen molar-refractivity contribution in [2.24, 2.45) is 0 Å². The highest BCUT2D eigenvalue weighted by Gasteiger charge is 2.35. The minimum atomic E-state index is -4.21. The van der Waals surface area contributed by atoms with Crippen molar-refractivity contribution in [1.82, 2.24) is 10.2 Å². The maximum atomic E-state index is 14.8. The third kappa shape index (κ3) is 9.23. The van der Waals surface area contributed by atoms with Gasteiger partial charge in [-0.15, -0.1) is 0 Å². The Labute approximate surface area is 300 Å². The first-order valence-corrected chi connectivity index (χ1v) is 18.8. The van der Waals surface area contributed by atoms with Crippen molar-refractivity contribution in [1.29, 1.82) is 0 Å². The van der Waals surface area contributed by atoms with Gasteiger partial charge in [0, 0.05) is 19.0 Å². The lowest BCUT2D eigenvalue weighted by molar-refractivity contribution is -0.140. The molecule has 0 heterocycles. The summed E-state index contributed by atoms with van der Waals surface area (Å²) >= 11 is 0. The average Bonchev–Trinajstić information content (AvgIpc) is 3.67. The number of amides is 2. The van der Waals surface area contributed by atoms with Gasteiger partial charge >= 0.3 is 0 Å². The number of anilines is 1. The number of aryl methyl sites for hydroxylation is 1. The number of para-hydroxylation sites is 1. The summed E-state index contributed by atoms with van der Waals surface area (Å²) in [4.78, 5) is 30.6. The molecular formula is C42H43N3O5S. The third-order valence-corrected chi connectivity index (χ3v) is 10.9. The predicted octanol–water partition coefficient (Wildman–Crippen LogP) is 7.68. The Morgan fingerprint density at radius 2 is 1.29 bits per heavy atom. The molecule has 0 spiro atoms. The maximum absolute atomic E-state index is 14.8. The highest BCUT2D eigenvalue weighted by atomic mass is 32.2. The van der Waals surface area contributed by atoms with Crippen molar-refractivity contribution < 1.29 is 22.7 Å². The van der Waals surface area contributed by atoms with E-state index >= 15 is 0 Å². The molecule has 0 bridgehead atoms. The fourth-order valence-electron chi connectivity index (χ4n) is 6.37. The number of ether oxygens (including phenoxy) is 1. The van der Waals surface area contributed by atoms with Crippen molar-refractivity contribution in [3.8, 4) is 11.5 Å². The minimum absolute atomic E-state index is 0.0404. The van der Waals surface area contributed by atoms with E-state index in [1.807, 2.05) is 91.9 Å². The zero-order chi connectivity index (χ0) is 35.6. The van der Waals surface area contributed by atoms with Gasteiger partial charge in [-0.05, 0) is 79.4 Å².